The molecule has 392 valence electrons. The molecule has 2 saturated heterocycles. The largest absolute Gasteiger partial charge is 0.428 e. The molecule has 2 fully saturated rings. The fourth-order valence-corrected chi connectivity index (χ4v) is 7.96. The Balaban J connectivity index is 2.08. The van der Waals surface area contributed by atoms with E-state index in [9.17, 15) is 62.6 Å². The maximum atomic E-state index is 14.5. The van der Waals surface area contributed by atoms with Crippen LogP contribution >= 0.6 is 23.0 Å². The molecule has 2 aliphatic heterocycles. The SMILES string of the molecule is CC[C@H](C)[C@@H]1NC(=O)[C@H](Cc2ccc(OI)cc2)NC(=O)CNC(=O)CC[C@@H](C(=O)N2C[C@H](O)C[C@H]2C(=O)N[C@@H](CC(C)C)C(=O)NCC(N)=O)NC(=O)[C@H](CC(N)=O)NC(=O)[C@H](CCC(N)=O)NC1=O. The molecule has 0 bridgehead atoms. The Bertz CT molecular complexity index is 2150. The summed E-state index contributed by atoms with van der Waals surface area (Å²) in [7, 11) is 0. The van der Waals surface area contributed by atoms with Crippen LogP contribution in [0.25, 0.3) is 0 Å². The number of aliphatic hydroxyl groups is 1. The Morgan fingerprint density at radius 3 is 2.04 bits per heavy atom. The van der Waals surface area contributed by atoms with E-state index < -0.39 is 177 Å². The molecule has 12 amide bonds. The van der Waals surface area contributed by atoms with Gasteiger partial charge in [-0.05, 0) is 48.8 Å². The van der Waals surface area contributed by atoms with Crippen LogP contribution in [0, 0.1) is 11.8 Å². The normalized spacial score (nSPS) is 23.8. The van der Waals surface area contributed by atoms with E-state index in [4.69, 9.17) is 20.3 Å². The summed E-state index contributed by atoms with van der Waals surface area (Å²) in [4.78, 5) is 161. The molecule has 1 aromatic rings. The smallest absolute Gasteiger partial charge is 0.245 e. The van der Waals surface area contributed by atoms with Gasteiger partial charge >= 0.3 is 0 Å². The van der Waals surface area contributed by atoms with Crippen molar-refractivity contribution in [2.45, 2.75) is 134 Å². The third-order valence-electron chi connectivity index (χ3n) is 11.6. The van der Waals surface area contributed by atoms with Crippen molar-refractivity contribution in [1.29, 1.82) is 0 Å². The number of rotatable bonds is 18. The molecule has 27 heteroatoms. The fourth-order valence-electron chi connectivity index (χ4n) is 7.67. The zero-order chi connectivity index (χ0) is 53.1. The van der Waals surface area contributed by atoms with Gasteiger partial charge < -0.3 is 72.8 Å². The Morgan fingerprint density at radius 2 is 1.45 bits per heavy atom. The summed E-state index contributed by atoms with van der Waals surface area (Å²) in [6.07, 6.45) is -4.24. The van der Waals surface area contributed by atoms with Gasteiger partial charge in [-0.25, -0.2) is 0 Å². The van der Waals surface area contributed by atoms with Gasteiger partial charge in [-0.2, -0.15) is 0 Å². The molecule has 9 atom stereocenters. The summed E-state index contributed by atoms with van der Waals surface area (Å²) in [5, 5.41) is 30.5. The Kier molecular flexibility index (Phi) is 23.4. The standard InChI is InChI=1S/C44H65IN12O14/c1-5-22(4)37-43(69)52-26(10-12-32(46)59)39(65)54-30(17-33(47)60)40(66)53-27(11-13-35(62)49-19-36(63)51-29(41(67)56-37)15-23-6-8-25(71-45)9-7-23)44(70)57-20-24(58)16-31(57)42(68)55-28(14-21(2)3)38(64)50-18-34(48)61/h6-9,21-22,24,26-31,37,58H,5,10-20H2,1-4H3,(H2,46,59)(H2,47,60)(H2,48,61)(H,49,62)(H,50,64)(H,51,63)(H,52,69)(H,53,66)(H,54,65)(H,55,68)(H,56,67)/t22-,24+,26-,27-,28-,29-,30-,31-,37-/m0/s1. The Morgan fingerprint density at radius 1 is 0.817 bits per heavy atom. The van der Waals surface area contributed by atoms with Crippen LogP contribution in [0.5, 0.6) is 5.75 Å². The second-order valence-electron chi connectivity index (χ2n) is 17.9. The van der Waals surface area contributed by atoms with Crippen molar-refractivity contribution in [3.8, 4) is 5.75 Å². The number of carbonyl (C=O) groups is 12. The lowest BCUT2D eigenvalue weighted by Crippen LogP contribution is -2.61. The molecular weight excluding hydrogens is 1050 g/mol. The number of hydrogen-bond acceptors (Lipinski definition) is 14. The number of nitrogens with zero attached hydrogens (tertiary/aromatic N) is 1. The van der Waals surface area contributed by atoms with Crippen LogP contribution in [0.15, 0.2) is 24.3 Å². The zero-order valence-electron chi connectivity index (χ0n) is 39.9. The number of β-amino-alcohol motifs (C(OH)–C–C–N with tert-alkyl or cyclic N) is 1. The van der Waals surface area contributed by atoms with Crippen molar-refractivity contribution in [2.75, 3.05) is 19.6 Å². The lowest BCUT2D eigenvalue weighted by atomic mass is 9.96. The summed E-state index contributed by atoms with van der Waals surface area (Å²) in [5.74, 6) is -11.5. The second-order valence-corrected chi connectivity index (χ2v) is 18.3. The van der Waals surface area contributed by atoms with Gasteiger partial charge in [0.1, 0.15) is 48.0 Å². The minimum absolute atomic E-state index is 0.0835. The fraction of sp³-hybridized carbons (Fsp3) is 0.591. The highest BCUT2D eigenvalue weighted by atomic mass is 127. The first-order chi connectivity index (χ1) is 33.4. The Hall–Kier alpha value is -6.65. The first-order valence-corrected chi connectivity index (χ1v) is 23.9. The van der Waals surface area contributed by atoms with Crippen molar-refractivity contribution < 1.29 is 65.7 Å². The van der Waals surface area contributed by atoms with E-state index in [0.29, 0.717) is 17.7 Å². The number of nitrogens with one attached hydrogen (secondary N) is 8. The van der Waals surface area contributed by atoms with Gasteiger partial charge in [0.15, 0.2) is 23.0 Å². The van der Waals surface area contributed by atoms with Gasteiger partial charge in [0.2, 0.25) is 70.9 Å². The lowest BCUT2D eigenvalue weighted by molar-refractivity contribution is -0.143. The van der Waals surface area contributed by atoms with Crippen LogP contribution in [0.4, 0.5) is 0 Å². The van der Waals surface area contributed by atoms with Crippen LogP contribution in [0.3, 0.4) is 0 Å². The van der Waals surface area contributed by atoms with Crippen molar-refractivity contribution in [2.24, 2.45) is 29.0 Å². The first-order valence-electron chi connectivity index (χ1n) is 23.0. The minimum Gasteiger partial charge on any atom is -0.428 e. The highest BCUT2D eigenvalue weighted by molar-refractivity contribution is 14.1. The van der Waals surface area contributed by atoms with Crippen LogP contribution in [0.2, 0.25) is 0 Å². The van der Waals surface area contributed by atoms with Gasteiger partial charge in [0.05, 0.1) is 25.6 Å². The van der Waals surface area contributed by atoms with Gasteiger partial charge in [0.25, 0.3) is 0 Å². The first kappa shape index (κ1) is 58.7. The van der Waals surface area contributed by atoms with E-state index in [2.05, 4.69) is 42.5 Å². The van der Waals surface area contributed by atoms with Crippen molar-refractivity contribution in [1.82, 2.24) is 47.4 Å². The molecule has 3 rings (SSSR count). The number of aliphatic hydroxyl groups excluding tert-OH is 1. The van der Waals surface area contributed by atoms with E-state index in [0.717, 1.165) is 4.90 Å². The van der Waals surface area contributed by atoms with Gasteiger partial charge in [-0.3, -0.25) is 57.5 Å². The summed E-state index contributed by atoms with van der Waals surface area (Å²) in [6, 6.07) is -4.10. The molecule has 0 saturated carbocycles. The van der Waals surface area contributed by atoms with Crippen LogP contribution in [0.1, 0.15) is 84.6 Å². The summed E-state index contributed by atoms with van der Waals surface area (Å²) >= 11 is 1.69. The molecule has 0 unspecified atom stereocenters. The molecule has 0 aromatic heterocycles. The predicted octanol–water partition coefficient (Wildman–Crippen LogP) is -4.43. The number of amides is 12. The molecule has 0 radical (unpaired) electrons. The molecule has 15 N–H and O–H groups in total. The van der Waals surface area contributed by atoms with Crippen molar-refractivity contribution in [3.05, 3.63) is 29.8 Å². The monoisotopic (exact) mass is 1110 g/mol. The van der Waals surface area contributed by atoms with Crippen LogP contribution in [-0.2, 0) is 64.0 Å². The van der Waals surface area contributed by atoms with E-state index in [-0.39, 0.29) is 25.2 Å². The topological polar surface area (TPSA) is 412 Å². The summed E-state index contributed by atoms with van der Waals surface area (Å²) < 4.78 is 5.19. The van der Waals surface area contributed by atoms with Crippen molar-refractivity contribution >= 4 is 93.9 Å². The molecular formula is C44H65IN12O14. The maximum Gasteiger partial charge on any atom is 0.245 e. The quantitative estimate of drug-likeness (QED) is 0.0618. The number of carbonyl (C=O) groups excluding carboxylic acids is 12. The molecule has 0 aliphatic carbocycles. The molecule has 2 heterocycles. The van der Waals surface area contributed by atoms with Crippen LogP contribution < -0.4 is 62.8 Å². The van der Waals surface area contributed by atoms with Gasteiger partial charge in [0, 0.05) is 32.2 Å². The molecule has 71 heavy (non-hydrogen) atoms. The van der Waals surface area contributed by atoms with E-state index in [1.165, 1.54) is 0 Å². The van der Waals surface area contributed by atoms with E-state index >= 15 is 0 Å². The van der Waals surface area contributed by atoms with E-state index in [1.54, 1.807) is 75.0 Å². The zero-order valence-corrected chi connectivity index (χ0v) is 42.0. The number of halogens is 1. The second kappa shape index (κ2) is 28.3. The Labute approximate surface area is 423 Å². The average Bonchev–Trinajstić information content (AvgIpc) is 3.71. The third kappa shape index (κ3) is 19.2. The lowest BCUT2D eigenvalue weighted by Gasteiger charge is -2.31. The summed E-state index contributed by atoms with van der Waals surface area (Å²) in [6.45, 7) is 5.19. The third-order valence-corrected chi connectivity index (χ3v) is 12.1. The van der Waals surface area contributed by atoms with Gasteiger partial charge in [-0.15, -0.1) is 0 Å². The number of primary amides is 3. The highest BCUT2D eigenvalue weighted by Gasteiger charge is 2.43. The number of benzene rings is 1. The molecule has 2 aliphatic rings. The van der Waals surface area contributed by atoms with Gasteiger partial charge in [-0.1, -0.05) is 46.2 Å². The average molecular weight is 1110 g/mol. The minimum atomic E-state index is -1.87. The number of hydrogen-bond donors (Lipinski definition) is 12. The molecule has 0 spiro atoms. The molecule has 26 nitrogen and oxygen atoms in total. The van der Waals surface area contributed by atoms with Crippen LogP contribution in [-0.4, -0.2) is 149 Å². The maximum absolute atomic E-state index is 14.5. The number of nitrogens with two attached hydrogens (primary N) is 3. The highest BCUT2D eigenvalue weighted by Crippen LogP contribution is 2.22. The molecule has 1 aromatic carbocycles. The van der Waals surface area contributed by atoms with E-state index in [1.807, 2.05) is 0 Å². The summed E-state index contributed by atoms with van der Waals surface area (Å²) in [5.41, 5.74) is 16.6. The number of likely N-dealkylation sites (tertiary alicyclic amines) is 1. The van der Waals surface area contributed by atoms with Crippen molar-refractivity contribution in [3.63, 3.8) is 0 Å². The predicted molar refractivity (Wildman–Crippen MR) is 258 cm³/mol.